The van der Waals surface area contributed by atoms with Crippen molar-refractivity contribution in [3.8, 4) is 0 Å². The van der Waals surface area contributed by atoms with E-state index in [9.17, 15) is 12.8 Å². The summed E-state index contributed by atoms with van der Waals surface area (Å²) in [6, 6.07) is 4.81. The number of hydrogen-bond acceptors (Lipinski definition) is 2. The van der Waals surface area contributed by atoms with Crippen molar-refractivity contribution in [2.45, 2.75) is 12.8 Å². The van der Waals surface area contributed by atoms with Crippen LogP contribution >= 0.6 is 39.1 Å². The molecule has 1 aromatic carbocycles. The van der Waals surface area contributed by atoms with Crippen LogP contribution in [0.2, 0.25) is 0 Å². The van der Waals surface area contributed by atoms with Gasteiger partial charge >= 0.3 is 0 Å². The molecule has 0 aliphatic carbocycles. The van der Waals surface area contributed by atoms with Crippen LogP contribution in [0.4, 0.5) is 4.39 Å². The molecule has 0 spiro atoms. The standard InChI is InChI=1S/C14H16BrCl2FO2S/c15-13-10(2-1-3-12(13)18)6-14(8-16,9-17)11-4-5-21(19,20)7-11/h1-3,11H,4-9H2. The monoisotopic (exact) mass is 416 g/mol. The van der Waals surface area contributed by atoms with Crippen molar-refractivity contribution in [3.05, 3.63) is 34.1 Å². The molecule has 0 radical (unpaired) electrons. The molecule has 1 unspecified atom stereocenters. The number of halogens is 4. The van der Waals surface area contributed by atoms with Crippen molar-refractivity contribution < 1.29 is 12.8 Å². The smallest absolute Gasteiger partial charge is 0.150 e. The largest absolute Gasteiger partial charge is 0.229 e. The van der Waals surface area contributed by atoms with Gasteiger partial charge in [-0.25, -0.2) is 12.8 Å². The second-order valence-corrected chi connectivity index (χ2v) is 9.18. The van der Waals surface area contributed by atoms with Crippen LogP contribution in [-0.4, -0.2) is 31.7 Å². The first-order valence-electron chi connectivity index (χ1n) is 6.59. The van der Waals surface area contributed by atoms with Gasteiger partial charge in [-0.05, 0) is 46.3 Å². The Morgan fingerprint density at radius 1 is 1.33 bits per heavy atom. The topological polar surface area (TPSA) is 34.1 Å². The third kappa shape index (κ3) is 3.74. The SMILES string of the molecule is O=S1(=O)CCC(C(CCl)(CCl)Cc2cccc(F)c2Br)C1. The van der Waals surface area contributed by atoms with Gasteiger partial charge in [-0.15, -0.1) is 23.2 Å². The van der Waals surface area contributed by atoms with Crippen molar-refractivity contribution in [1.29, 1.82) is 0 Å². The minimum atomic E-state index is -3.01. The molecule has 0 amide bonds. The Balaban J connectivity index is 2.32. The van der Waals surface area contributed by atoms with Gasteiger partial charge in [0.2, 0.25) is 0 Å². The van der Waals surface area contributed by atoms with Crippen LogP contribution in [0.1, 0.15) is 12.0 Å². The summed E-state index contributed by atoms with van der Waals surface area (Å²) in [7, 11) is -3.01. The van der Waals surface area contributed by atoms with E-state index in [1.807, 2.05) is 6.07 Å². The van der Waals surface area contributed by atoms with Crippen LogP contribution in [0, 0.1) is 17.2 Å². The predicted molar refractivity (Wildman–Crippen MR) is 88.4 cm³/mol. The minimum absolute atomic E-state index is 0.0901. The molecule has 118 valence electrons. The second kappa shape index (κ2) is 6.73. The fraction of sp³-hybridized carbons (Fsp3) is 0.571. The molecule has 1 atom stereocenters. The van der Waals surface area contributed by atoms with E-state index < -0.39 is 15.3 Å². The molecular weight excluding hydrogens is 402 g/mol. The highest BCUT2D eigenvalue weighted by atomic mass is 79.9. The second-order valence-electron chi connectivity index (χ2n) is 5.62. The molecule has 1 saturated heterocycles. The molecule has 1 fully saturated rings. The average molecular weight is 418 g/mol. The van der Waals surface area contributed by atoms with Gasteiger partial charge < -0.3 is 0 Å². The molecule has 21 heavy (non-hydrogen) atoms. The van der Waals surface area contributed by atoms with Crippen molar-refractivity contribution in [2.24, 2.45) is 11.3 Å². The molecule has 2 nitrogen and oxygen atoms in total. The van der Waals surface area contributed by atoms with Crippen LogP contribution in [0.25, 0.3) is 0 Å². The van der Waals surface area contributed by atoms with Gasteiger partial charge in [0.15, 0.2) is 9.84 Å². The number of benzene rings is 1. The third-order valence-corrected chi connectivity index (χ3v) is 7.93. The molecule has 2 rings (SSSR count). The molecular formula is C14H16BrCl2FO2S. The van der Waals surface area contributed by atoms with Crippen LogP contribution in [0.5, 0.6) is 0 Å². The first-order valence-corrected chi connectivity index (χ1v) is 10.3. The quantitative estimate of drug-likeness (QED) is 0.677. The molecule has 1 aliphatic heterocycles. The zero-order chi connectivity index (χ0) is 15.7. The van der Waals surface area contributed by atoms with Crippen molar-refractivity contribution in [2.75, 3.05) is 23.3 Å². The Bertz CT molecular complexity index is 617. The average Bonchev–Trinajstić information content (AvgIpc) is 2.81. The van der Waals surface area contributed by atoms with Gasteiger partial charge in [-0.1, -0.05) is 12.1 Å². The van der Waals surface area contributed by atoms with Crippen molar-refractivity contribution in [3.63, 3.8) is 0 Å². The Morgan fingerprint density at radius 3 is 2.52 bits per heavy atom. The first kappa shape index (κ1) is 17.5. The number of rotatable bonds is 5. The van der Waals surface area contributed by atoms with Gasteiger partial charge in [0.25, 0.3) is 0 Å². The number of sulfone groups is 1. The van der Waals surface area contributed by atoms with Crippen LogP contribution in [0.3, 0.4) is 0 Å². The Hall–Kier alpha value is 0.160. The Morgan fingerprint density at radius 2 is 2.00 bits per heavy atom. The van der Waals surface area contributed by atoms with Crippen LogP contribution < -0.4 is 0 Å². The van der Waals surface area contributed by atoms with E-state index >= 15 is 0 Å². The van der Waals surface area contributed by atoms with Gasteiger partial charge in [-0.2, -0.15) is 0 Å². The van der Waals surface area contributed by atoms with Gasteiger partial charge in [0, 0.05) is 17.2 Å². The number of alkyl halides is 2. The summed E-state index contributed by atoms with van der Waals surface area (Å²) >= 11 is 15.5. The highest BCUT2D eigenvalue weighted by Crippen LogP contribution is 2.42. The lowest BCUT2D eigenvalue weighted by Crippen LogP contribution is -2.37. The van der Waals surface area contributed by atoms with Gasteiger partial charge in [0.05, 0.1) is 16.0 Å². The molecule has 0 saturated carbocycles. The lowest BCUT2D eigenvalue weighted by atomic mass is 9.73. The summed E-state index contributed by atoms with van der Waals surface area (Å²) in [6.45, 7) is 0. The highest BCUT2D eigenvalue weighted by molar-refractivity contribution is 9.10. The fourth-order valence-corrected chi connectivity index (χ4v) is 6.09. The van der Waals surface area contributed by atoms with E-state index in [0.717, 1.165) is 5.56 Å². The summed E-state index contributed by atoms with van der Waals surface area (Å²) in [4.78, 5) is 0. The van der Waals surface area contributed by atoms with Crippen LogP contribution in [-0.2, 0) is 16.3 Å². The summed E-state index contributed by atoms with van der Waals surface area (Å²) in [5, 5.41) is 0. The Labute approximate surface area is 143 Å². The summed E-state index contributed by atoms with van der Waals surface area (Å²) in [5.41, 5.74) is 0.226. The lowest BCUT2D eigenvalue weighted by molar-refractivity contribution is 0.244. The van der Waals surface area contributed by atoms with E-state index in [1.165, 1.54) is 6.07 Å². The maximum absolute atomic E-state index is 13.7. The van der Waals surface area contributed by atoms with Crippen molar-refractivity contribution >= 4 is 49.0 Å². The molecule has 1 aromatic rings. The summed E-state index contributed by atoms with van der Waals surface area (Å²) in [6.07, 6.45) is 1.02. The summed E-state index contributed by atoms with van der Waals surface area (Å²) in [5.74, 6) is 0.355. The predicted octanol–water partition coefficient (Wildman–Crippen LogP) is 4.03. The summed E-state index contributed by atoms with van der Waals surface area (Å²) < 4.78 is 37.5. The van der Waals surface area contributed by atoms with Gasteiger partial charge in [0.1, 0.15) is 5.82 Å². The highest BCUT2D eigenvalue weighted by Gasteiger charge is 2.44. The zero-order valence-electron chi connectivity index (χ0n) is 11.3. The maximum Gasteiger partial charge on any atom is 0.150 e. The van der Waals surface area contributed by atoms with Crippen molar-refractivity contribution in [1.82, 2.24) is 0 Å². The number of hydrogen-bond donors (Lipinski definition) is 0. The molecule has 0 aromatic heterocycles. The lowest BCUT2D eigenvalue weighted by Gasteiger charge is -2.35. The first-order chi connectivity index (χ1) is 9.83. The molecule has 0 bridgehead atoms. The van der Waals surface area contributed by atoms with E-state index in [-0.39, 0.29) is 35.0 Å². The van der Waals surface area contributed by atoms with E-state index in [2.05, 4.69) is 15.9 Å². The van der Waals surface area contributed by atoms with E-state index in [1.54, 1.807) is 6.07 Å². The zero-order valence-corrected chi connectivity index (χ0v) is 15.2. The molecule has 1 heterocycles. The van der Waals surface area contributed by atoms with Gasteiger partial charge in [-0.3, -0.25) is 0 Å². The molecule has 1 aliphatic rings. The van der Waals surface area contributed by atoms with E-state index in [4.69, 9.17) is 23.2 Å². The molecule has 0 N–H and O–H groups in total. The maximum atomic E-state index is 13.7. The fourth-order valence-electron chi connectivity index (χ4n) is 2.84. The Kier molecular flexibility index (Phi) is 5.61. The van der Waals surface area contributed by atoms with Crippen LogP contribution in [0.15, 0.2) is 22.7 Å². The molecule has 7 heteroatoms. The normalized spacial score (nSPS) is 21.6. The third-order valence-electron chi connectivity index (χ3n) is 4.20. The van der Waals surface area contributed by atoms with E-state index in [0.29, 0.717) is 17.3 Å². The minimum Gasteiger partial charge on any atom is -0.229 e.